The van der Waals surface area contributed by atoms with Crippen LogP contribution in [0.3, 0.4) is 0 Å². The third-order valence-corrected chi connectivity index (χ3v) is 5.96. The first-order valence-corrected chi connectivity index (χ1v) is 11.8. The van der Waals surface area contributed by atoms with Gasteiger partial charge in [-0.1, -0.05) is 76.9 Å². The summed E-state index contributed by atoms with van der Waals surface area (Å²) in [4.78, 5) is 3.05. The summed E-state index contributed by atoms with van der Waals surface area (Å²) in [5, 5.41) is 0. The Morgan fingerprint density at radius 2 is 1.55 bits per heavy atom. The van der Waals surface area contributed by atoms with Crippen molar-refractivity contribution in [2.45, 2.75) is 71.1 Å². The fourth-order valence-corrected chi connectivity index (χ4v) is 3.95. The van der Waals surface area contributed by atoms with Crippen LogP contribution < -0.4 is 9.47 Å². The molecule has 0 bridgehead atoms. The van der Waals surface area contributed by atoms with E-state index in [0.717, 1.165) is 61.4 Å². The maximum absolute atomic E-state index is 5.98. The molecule has 0 N–H and O–H groups in total. The van der Waals surface area contributed by atoms with E-state index >= 15 is 0 Å². The van der Waals surface area contributed by atoms with Gasteiger partial charge in [-0.05, 0) is 24.6 Å². The molecule has 5 heteroatoms. The largest absolute Gasteiger partial charge is 0.493 e. The lowest BCUT2D eigenvalue weighted by Gasteiger charge is -2.29. The van der Waals surface area contributed by atoms with E-state index in [0.29, 0.717) is 0 Å². The second-order valence-corrected chi connectivity index (χ2v) is 8.19. The molecule has 1 aromatic carbocycles. The lowest BCUT2D eigenvalue weighted by molar-refractivity contribution is 0.0693. The number of nitrogens with zero attached hydrogens (tertiary/aromatic N) is 1. The maximum atomic E-state index is 5.98. The van der Waals surface area contributed by atoms with E-state index in [9.17, 15) is 0 Å². The van der Waals surface area contributed by atoms with Crippen molar-refractivity contribution in [2.75, 3.05) is 40.0 Å². The number of morpholine rings is 1. The first-order chi connectivity index (χ1) is 14.3. The Kier molecular flexibility index (Phi) is 12.1. The summed E-state index contributed by atoms with van der Waals surface area (Å²) in [7, 11) is 1.68. The van der Waals surface area contributed by atoms with Gasteiger partial charge in [0, 0.05) is 18.7 Å². The number of benzene rings is 1. The van der Waals surface area contributed by atoms with Crippen LogP contribution in [0.15, 0.2) is 18.2 Å². The molecule has 0 atom stereocenters. The third-order valence-electron chi connectivity index (χ3n) is 5.46. The zero-order valence-corrected chi connectivity index (χ0v) is 19.2. The molecule has 29 heavy (non-hydrogen) atoms. The smallest absolute Gasteiger partial charge is 0.161 e. The van der Waals surface area contributed by atoms with Crippen molar-refractivity contribution >= 4 is 17.2 Å². The fourth-order valence-electron chi connectivity index (χ4n) is 3.64. The van der Waals surface area contributed by atoms with E-state index in [1.165, 1.54) is 57.8 Å². The van der Waals surface area contributed by atoms with Crippen LogP contribution in [0.5, 0.6) is 11.5 Å². The Morgan fingerprint density at radius 3 is 2.17 bits per heavy atom. The standard InChI is InChI=1S/C24H39NO3S/c1-3-4-5-6-7-8-9-10-11-12-17-28-22-14-13-21(20-23(22)26-2)24(29)25-15-18-27-19-16-25/h13-14,20H,3-12,15-19H2,1-2H3. The lowest BCUT2D eigenvalue weighted by Crippen LogP contribution is -2.40. The Balaban J connectivity index is 1.65. The highest BCUT2D eigenvalue weighted by molar-refractivity contribution is 7.80. The summed E-state index contributed by atoms with van der Waals surface area (Å²) in [6, 6.07) is 6.01. The highest BCUT2D eigenvalue weighted by atomic mass is 32.1. The van der Waals surface area contributed by atoms with Crippen LogP contribution in [-0.4, -0.2) is 49.9 Å². The van der Waals surface area contributed by atoms with Crippen LogP contribution in [0.25, 0.3) is 0 Å². The molecule has 1 saturated heterocycles. The summed E-state index contributed by atoms with van der Waals surface area (Å²) < 4.78 is 16.9. The first kappa shape index (κ1) is 23.9. The Morgan fingerprint density at radius 1 is 0.931 bits per heavy atom. The van der Waals surface area contributed by atoms with Crippen LogP contribution >= 0.6 is 12.2 Å². The van der Waals surface area contributed by atoms with Gasteiger partial charge in [-0.15, -0.1) is 0 Å². The molecule has 164 valence electrons. The minimum Gasteiger partial charge on any atom is -0.493 e. The van der Waals surface area contributed by atoms with E-state index in [-0.39, 0.29) is 0 Å². The van der Waals surface area contributed by atoms with Crippen LogP contribution in [0.2, 0.25) is 0 Å². The van der Waals surface area contributed by atoms with Gasteiger partial charge >= 0.3 is 0 Å². The Hall–Kier alpha value is -1.33. The molecular formula is C24H39NO3S. The van der Waals surface area contributed by atoms with Crippen LogP contribution in [0.1, 0.15) is 76.7 Å². The Labute approximate surface area is 182 Å². The monoisotopic (exact) mass is 421 g/mol. The number of hydrogen-bond acceptors (Lipinski definition) is 4. The van der Waals surface area contributed by atoms with Crippen molar-refractivity contribution in [3.8, 4) is 11.5 Å². The molecular weight excluding hydrogens is 382 g/mol. The molecule has 1 fully saturated rings. The third kappa shape index (κ3) is 8.91. The van der Waals surface area contributed by atoms with Crippen LogP contribution in [0, 0.1) is 0 Å². The van der Waals surface area contributed by atoms with Gasteiger partial charge in [0.05, 0.1) is 26.9 Å². The minimum atomic E-state index is 0.733. The van der Waals surface area contributed by atoms with Crippen LogP contribution in [0.4, 0.5) is 0 Å². The first-order valence-electron chi connectivity index (χ1n) is 11.4. The van der Waals surface area contributed by atoms with Gasteiger partial charge in [0.2, 0.25) is 0 Å². The maximum Gasteiger partial charge on any atom is 0.161 e. The van der Waals surface area contributed by atoms with Gasteiger partial charge in [0.25, 0.3) is 0 Å². The van der Waals surface area contributed by atoms with Crippen molar-refractivity contribution in [3.05, 3.63) is 23.8 Å². The van der Waals surface area contributed by atoms with Gasteiger partial charge in [-0.25, -0.2) is 0 Å². The second kappa shape index (κ2) is 14.6. The molecule has 0 amide bonds. The zero-order chi connectivity index (χ0) is 20.7. The molecule has 1 aliphatic heterocycles. The van der Waals surface area contributed by atoms with Crippen molar-refractivity contribution in [3.63, 3.8) is 0 Å². The van der Waals surface area contributed by atoms with E-state index in [1.807, 2.05) is 18.2 Å². The highest BCUT2D eigenvalue weighted by Crippen LogP contribution is 2.29. The fraction of sp³-hybridized carbons (Fsp3) is 0.708. The summed E-state index contributed by atoms with van der Waals surface area (Å²) in [5.74, 6) is 1.56. The predicted molar refractivity (Wildman–Crippen MR) is 124 cm³/mol. The van der Waals surface area contributed by atoms with Crippen molar-refractivity contribution in [2.24, 2.45) is 0 Å². The van der Waals surface area contributed by atoms with E-state index in [2.05, 4.69) is 11.8 Å². The Bertz CT molecular complexity index is 587. The second-order valence-electron chi connectivity index (χ2n) is 7.80. The quantitative estimate of drug-likeness (QED) is 0.271. The highest BCUT2D eigenvalue weighted by Gasteiger charge is 2.17. The van der Waals surface area contributed by atoms with Crippen molar-refractivity contribution < 1.29 is 14.2 Å². The number of ether oxygens (including phenoxy) is 3. The van der Waals surface area contributed by atoms with E-state index < -0.39 is 0 Å². The average Bonchev–Trinajstić information content (AvgIpc) is 2.77. The van der Waals surface area contributed by atoms with Gasteiger partial charge in [0.1, 0.15) is 4.99 Å². The molecule has 0 aliphatic carbocycles. The summed E-state index contributed by atoms with van der Waals surface area (Å²) in [5.41, 5.74) is 1.00. The number of thiocarbonyl (C=S) groups is 1. The number of unbranched alkanes of at least 4 members (excludes halogenated alkanes) is 9. The average molecular weight is 422 g/mol. The zero-order valence-electron chi connectivity index (χ0n) is 18.4. The number of methoxy groups -OCH3 is 1. The van der Waals surface area contributed by atoms with Gasteiger partial charge in [0.15, 0.2) is 11.5 Å². The molecule has 1 heterocycles. The summed E-state index contributed by atoms with van der Waals surface area (Å²) in [6.45, 7) is 6.16. The predicted octanol–water partition coefficient (Wildman–Crippen LogP) is 6.00. The topological polar surface area (TPSA) is 30.9 Å². The van der Waals surface area contributed by atoms with Gasteiger partial charge in [-0.2, -0.15) is 0 Å². The normalized spacial score (nSPS) is 14.1. The number of rotatable bonds is 14. The summed E-state index contributed by atoms with van der Waals surface area (Å²) >= 11 is 5.65. The van der Waals surface area contributed by atoms with Gasteiger partial charge in [-0.3, -0.25) is 0 Å². The van der Waals surface area contributed by atoms with Gasteiger partial charge < -0.3 is 19.1 Å². The van der Waals surface area contributed by atoms with Crippen molar-refractivity contribution in [1.29, 1.82) is 0 Å². The molecule has 0 aromatic heterocycles. The molecule has 1 aromatic rings. The molecule has 4 nitrogen and oxygen atoms in total. The van der Waals surface area contributed by atoms with E-state index in [4.69, 9.17) is 26.4 Å². The molecule has 2 rings (SSSR count). The number of hydrogen-bond donors (Lipinski definition) is 0. The van der Waals surface area contributed by atoms with Crippen molar-refractivity contribution in [1.82, 2.24) is 4.90 Å². The lowest BCUT2D eigenvalue weighted by atomic mass is 10.1. The van der Waals surface area contributed by atoms with E-state index in [1.54, 1.807) is 7.11 Å². The SMILES string of the molecule is CCCCCCCCCCCCOc1ccc(C(=S)N2CCOCC2)cc1OC. The molecule has 1 aliphatic rings. The molecule has 0 spiro atoms. The molecule has 0 radical (unpaired) electrons. The minimum absolute atomic E-state index is 0.733. The van der Waals surface area contributed by atoms with Crippen LogP contribution in [-0.2, 0) is 4.74 Å². The molecule has 0 saturated carbocycles. The summed E-state index contributed by atoms with van der Waals surface area (Å²) in [6.07, 6.45) is 13.3. The molecule has 0 unspecified atom stereocenters.